The zero-order valence-corrected chi connectivity index (χ0v) is 12.2. The summed E-state index contributed by atoms with van der Waals surface area (Å²) in [5.74, 6) is 1.44. The predicted octanol–water partition coefficient (Wildman–Crippen LogP) is 2.56. The second-order valence-corrected chi connectivity index (χ2v) is 4.86. The fraction of sp³-hybridized carbons (Fsp3) is 0.600. The first-order valence-corrected chi connectivity index (χ1v) is 6.61. The van der Waals surface area contributed by atoms with Crippen molar-refractivity contribution in [3.63, 3.8) is 0 Å². The monoisotopic (exact) mass is 250 g/mol. The van der Waals surface area contributed by atoms with Gasteiger partial charge in [-0.15, -0.1) is 0 Å². The van der Waals surface area contributed by atoms with Gasteiger partial charge in [0.1, 0.15) is 5.75 Å². The van der Waals surface area contributed by atoms with Crippen LogP contribution in [0.25, 0.3) is 0 Å². The number of aryl methyl sites for hydroxylation is 2. The first-order chi connectivity index (χ1) is 8.58. The van der Waals surface area contributed by atoms with Gasteiger partial charge in [0.15, 0.2) is 0 Å². The summed E-state index contributed by atoms with van der Waals surface area (Å²) in [5.41, 5.74) is 9.52. The fourth-order valence-corrected chi connectivity index (χ4v) is 2.70. The molecule has 0 bridgehead atoms. The number of nitrogens with two attached hydrogens (primary N) is 1. The highest BCUT2D eigenvalue weighted by atomic mass is 16.5. The lowest BCUT2D eigenvalue weighted by molar-refractivity contribution is 0.376. The van der Waals surface area contributed by atoms with Gasteiger partial charge in [-0.05, 0) is 50.0 Å². The van der Waals surface area contributed by atoms with Crippen molar-refractivity contribution in [2.24, 2.45) is 11.7 Å². The summed E-state index contributed by atoms with van der Waals surface area (Å²) in [5, 5.41) is 3.39. The first kappa shape index (κ1) is 15.0. The van der Waals surface area contributed by atoms with Gasteiger partial charge in [-0.3, -0.25) is 0 Å². The minimum atomic E-state index is 0.309. The van der Waals surface area contributed by atoms with Gasteiger partial charge in [-0.2, -0.15) is 0 Å². The number of benzene rings is 1. The van der Waals surface area contributed by atoms with E-state index in [1.807, 2.05) is 7.05 Å². The van der Waals surface area contributed by atoms with E-state index in [0.29, 0.717) is 18.5 Å². The second kappa shape index (κ2) is 6.76. The molecule has 3 heteroatoms. The minimum absolute atomic E-state index is 0.309. The Kier molecular flexibility index (Phi) is 5.63. The van der Waals surface area contributed by atoms with Crippen LogP contribution in [0, 0.1) is 19.8 Å². The molecule has 1 rings (SSSR count). The van der Waals surface area contributed by atoms with E-state index in [9.17, 15) is 0 Å². The molecule has 0 saturated heterocycles. The molecular formula is C15H26N2O. The molecule has 0 radical (unpaired) electrons. The topological polar surface area (TPSA) is 47.3 Å². The highest BCUT2D eigenvalue weighted by Gasteiger charge is 2.20. The summed E-state index contributed by atoms with van der Waals surface area (Å²) in [6.07, 6.45) is 1.08. The number of hydrogen-bond donors (Lipinski definition) is 2. The molecule has 0 aromatic heterocycles. The molecule has 3 N–H and O–H groups in total. The molecule has 1 aromatic rings. The summed E-state index contributed by atoms with van der Waals surface area (Å²) in [7, 11) is 3.72. The lowest BCUT2D eigenvalue weighted by atomic mass is 9.89. The molecule has 2 atom stereocenters. The van der Waals surface area contributed by atoms with Crippen molar-refractivity contribution in [3.05, 3.63) is 28.8 Å². The van der Waals surface area contributed by atoms with Crippen LogP contribution in [0.3, 0.4) is 0 Å². The molecule has 102 valence electrons. The first-order valence-electron chi connectivity index (χ1n) is 6.61. The molecule has 2 unspecified atom stereocenters. The molecule has 18 heavy (non-hydrogen) atoms. The van der Waals surface area contributed by atoms with Gasteiger partial charge >= 0.3 is 0 Å². The second-order valence-electron chi connectivity index (χ2n) is 4.86. The van der Waals surface area contributed by atoms with Gasteiger partial charge in [0.2, 0.25) is 0 Å². The molecule has 0 fully saturated rings. The number of ether oxygens (including phenoxy) is 1. The highest BCUT2D eigenvalue weighted by molar-refractivity contribution is 5.44. The Morgan fingerprint density at radius 1 is 1.28 bits per heavy atom. The third kappa shape index (κ3) is 3.03. The average Bonchev–Trinajstić information content (AvgIpc) is 2.35. The van der Waals surface area contributed by atoms with Gasteiger partial charge in [-0.25, -0.2) is 0 Å². The summed E-state index contributed by atoms with van der Waals surface area (Å²) < 4.78 is 5.41. The predicted molar refractivity (Wildman–Crippen MR) is 77.1 cm³/mol. The molecule has 0 aliphatic heterocycles. The van der Waals surface area contributed by atoms with Gasteiger partial charge in [0, 0.05) is 6.04 Å². The Hall–Kier alpha value is -1.06. The highest BCUT2D eigenvalue weighted by Crippen LogP contribution is 2.30. The zero-order chi connectivity index (χ0) is 13.7. The molecule has 0 aliphatic carbocycles. The van der Waals surface area contributed by atoms with Crippen LogP contribution < -0.4 is 15.8 Å². The van der Waals surface area contributed by atoms with E-state index in [4.69, 9.17) is 10.5 Å². The molecule has 0 spiro atoms. The third-order valence-corrected chi connectivity index (χ3v) is 3.66. The van der Waals surface area contributed by atoms with Crippen LogP contribution in [0.2, 0.25) is 0 Å². The number of rotatable bonds is 6. The van der Waals surface area contributed by atoms with E-state index >= 15 is 0 Å². The standard InChI is InChI=1S/C15H26N2O/c1-6-12(9-16)14(17-4)13-7-10(2)15(18-5)11(3)8-13/h7-8,12,14,17H,6,9,16H2,1-5H3. The number of methoxy groups -OCH3 is 1. The quantitative estimate of drug-likeness (QED) is 0.815. The lowest BCUT2D eigenvalue weighted by Crippen LogP contribution is -2.30. The summed E-state index contributed by atoms with van der Waals surface area (Å²) in [6.45, 7) is 7.06. The minimum Gasteiger partial charge on any atom is -0.496 e. The van der Waals surface area contributed by atoms with Crippen molar-refractivity contribution in [2.75, 3.05) is 20.7 Å². The summed E-state index contributed by atoms with van der Waals surface area (Å²) in [6, 6.07) is 4.71. The van der Waals surface area contributed by atoms with Gasteiger partial charge in [0.05, 0.1) is 7.11 Å². The lowest BCUT2D eigenvalue weighted by Gasteiger charge is -2.26. The molecule has 0 heterocycles. The normalized spacial score (nSPS) is 14.3. The van der Waals surface area contributed by atoms with E-state index in [2.05, 4.69) is 38.2 Å². The van der Waals surface area contributed by atoms with E-state index in [-0.39, 0.29) is 0 Å². The van der Waals surface area contributed by atoms with Crippen molar-refractivity contribution in [3.8, 4) is 5.75 Å². The van der Waals surface area contributed by atoms with Crippen LogP contribution in [-0.2, 0) is 0 Å². The van der Waals surface area contributed by atoms with E-state index in [0.717, 1.165) is 12.2 Å². The maximum atomic E-state index is 5.86. The molecular weight excluding hydrogens is 224 g/mol. The Labute approximate surface area is 111 Å². The van der Waals surface area contributed by atoms with Crippen LogP contribution in [0.5, 0.6) is 5.75 Å². The molecule has 0 amide bonds. The van der Waals surface area contributed by atoms with Crippen LogP contribution in [-0.4, -0.2) is 20.7 Å². The van der Waals surface area contributed by atoms with Crippen molar-refractivity contribution < 1.29 is 4.74 Å². The maximum Gasteiger partial charge on any atom is 0.124 e. The van der Waals surface area contributed by atoms with Gasteiger partial charge in [-0.1, -0.05) is 25.5 Å². The molecule has 1 aromatic carbocycles. The Morgan fingerprint density at radius 2 is 1.83 bits per heavy atom. The Morgan fingerprint density at radius 3 is 2.17 bits per heavy atom. The maximum absolute atomic E-state index is 5.86. The van der Waals surface area contributed by atoms with Crippen molar-refractivity contribution >= 4 is 0 Å². The Balaban J connectivity index is 3.15. The zero-order valence-electron chi connectivity index (χ0n) is 12.2. The van der Waals surface area contributed by atoms with Crippen molar-refractivity contribution in [1.82, 2.24) is 5.32 Å². The van der Waals surface area contributed by atoms with Crippen LogP contribution in [0.1, 0.15) is 36.1 Å². The van der Waals surface area contributed by atoms with Gasteiger partial charge < -0.3 is 15.8 Å². The van der Waals surface area contributed by atoms with Crippen molar-refractivity contribution in [2.45, 2.75) is 33.2 Å². The molecule has 3 nitrogen and oxygen atoms in total. The van der Waals surface area contributed by atoms with Crippen LogP contribution >= 0.6 is 0 Å². The smallest absolute Gasteiger partial charge is 0.124 e. The van der Waals surface area contributed by atoms with Crippen molar-refractivity contribution in [1.29, 1.82) is 0 Å². The molecule has 0 aliphatic rings. The summed E-state index contributed by atoms with van der Waals surface area (Å²) in [4.78, 5) is 0. The number of nitrogens with one attached hydrogen (secondary N) is 1. The van der Waals surface area contributed by atoms with E-state index < -0.39 is 0 Å². The van der Waals surface area contributed by atoms with Crippen LogP contribution in [0.4, 0.5) is 0 Å². The SMILES string of the molecule is CCC(CN)C(NC)c1cc(C)c(OC)c(C)c1. The summed E-state index contributed by atoms with van der Waals surface area (Å²) >= 11 is 0. The third-order valence-electron chi connectivity index (χ3n) is 3.66. The molecule has 0 saturated carbocycles. The largest absolute Gasteiger partial charge is 0.496 e. The van der Waals surface area contributed by atoms with Gasteiger partial charge in [0.25, 0.3) is 0 Å². The fourth-order valence-electron chi connectivity index (χ4n) is 2.70. The average molecular weight is 250 g/mol. The van der Waals surface area contributed by atoms with Crippen LogP contribution in [0.15, 0.2) is 12.1 Å². The number of hydrogen-bond acceptors (Lipinski definition) is 3. The van der Waals surface area contributed by atoms with E-state index in [1.54, 1.807) is 7.11 Å². The Bertz CT molecular complexity index is 363. The van der Waals surface area contributed by atoms with E-state index in [1.165, 1.54) is 16.7 Å².